The highest BCUT2D eigenvalue weighted by Crippen LogP contribution is 2.45. The van der Waals surface area contributed by atoms with E-state index in [1.54, 1.807) is 18.2 Å². The molecule has 2 rings (SSSR count). The molecule has 1 fully saturated rings. The fourth-order valence-electron chi connectivity index (χ4n) is 4.15. The van der Waals surface area contributed by atoms with E-state index in [0.717, 1.165) is 18.4 Å². The third-order valence-electron chi connectivity index (χ3n) is 7.14. The van der Waals surface area contributed by atoms with Gasteiger partial charge in [-0.15, -0.1) is 6.58 Å². The zero-order valence-electron chi connectivity index (χ0n) is 20.3. The van der Waals surface area contributed by atoms with Crippen molar-refractivity contribution in [2.75, 3.05) is 0 Å². The number of rotatable bonds is 6. The van der Waals surface area contributed by atoms with Gasteiger partial charge in [0, 0.05) is 6.10 Å². The quantitative estimate of drug-likeness (QED) is 0.345. The van der Waals surface area contributed by atoms with Crippen LogP contribution in [0.1, 0.15) is 79.2 Å². The summed E-state index contributed by atoms with van der Waals surface area (Å²) in [5.74, 6) is 0. The highest BCUT2D eigenvalue weighted by atomic mass is 32.2. The van der Waals surface area contributed by atoms with Gasteiger partial charge < -0.3 is 4.43 Å². The molecular weight excluding hydrogens is 408 g/mol. The third kappa shape index (κ3) is 5.11. The Hall–Kier alpha value is -0.913. The van der Waals surface area contributed by atoms with Gasteiger partial charge in [-0.2, -0.15) is 0 Å². The predicted octanol–water partition coefficient (Wildman–Crippen LogP) is 7.04. The van der Waals surface area contributed by atoms with Crippen molar-refractivity contribution < 1.29 is 12.8 Å². The second-order valence-electron chi connectivity index (χ2n) is 11.6. The largest absolute Gasteiger partial charge is 0.414 e. The molecule has 2 atom stereocenters. The maximum Gasteiger partial charge on any atom is 0.192 e. The number of hydrogen-bond acceptors (Lipinski definition) is 3. The smallest absolute Gasteiger partial charge is 0.192 e. The van der Waals surface area contributed by atoms with Crippen molar-refractivity contribution in [3.63, 3.8) is 0 Å². The molecule has 1 aliphatic carbocycles. The minimum atomic E-state index is -3.51. The highest BCUT2D eigenvalue weighted by molar-refractivity contribution is 7.92. The monoisotopic (exact) mass is 450 g/mol. The Morgan fingerprint density at radius 3 is 2.17 bits per heavy atom. The molecule has 30 heavy (non-hydrogen) atoms. The predicted molar refractivity (Wildman–Crippen MR) is 130 cm³/mol. The molecule has 0 bridgehead atoms. The summed E-state index contributed by atoms with van der Waals surface area (Å²) in [6.07, 6.45) is 5.25. The van der Waals surface area contributed by atoms with E-state index >= 15 is 0 Å². The van der Waals surface area contributed by atoms with Crippen molar-refractivity contribution >= 4 is 18.2 Å². The van der Waals surface area contributed by atoms with Crippen molar-refractivity contribution in [2.45, 2.75) is 113 Å². The first kappa shape index (κ1) is 25.3. The van der Waals surface area contributed by atoms with Gasteiger partial charge in [0.05, 0.1) is 9.64 Å². The summed E-state index contributed by atoms with van der Waals surface area (Å²) in [5, 5.41) is 0.104. The zero-order chi connectivity index (χ0) is 23.0. The minimum Gasteiger partial charge on any atom is -0.414 e. The van der Waals surface area contributed by atoms with Gasteiger partial charge in [0.2, 0.25) is 0 Å². The molecule has 1 aromatic rings. The highest BCUT2D eigenvalue weighted by Gasteiger charge is 2.49. The van der Waals surface area contributed by atoms with Crippen LogP contribution in [-0.2, 0) is 19.7 Å². The van der Waals surface area contributed by atoms with E-state index in [1.807, 2.05) is 12.1 Å². The second-order valence-corrected chi connectivity index (χ2v) is 18.7. The summed E-state index contributed by atoms with van der Waals surface area (Å²) in [4.78, 5) is 0.422. The van der Waals surface area contributed by atoms with Gasteiger partial charge >= 0.3 is 0 Å². The first-order chi connectivity index (χ1) is 13.6. The lowest BCUT2D eigenvalue weighted by atomic mass is 9.84. The molecule has 0 unspecified atom stereocenters. The van der Waals surface area contributed by atoms with Gasteiger partial charge in [0.1, 0.15) is 0 Å². The molecule has 1 aromatic carbocycles. The van der Waals surface area contributed by atoms with Gasteiger partial charge in [-0.1, -0.05) is 59.8 Å². The molecular formula is C25H42O3SSi. The van der Waals surface area contributed by atoms with Crippen LogP contribution in [0.5, 0.6) is 0 Å². The van der Waals surface area contributed by atoms with E-state index < -0.39 is 22.9 Å². The Labute approximate surface area is 186 Å². The Morgan fingerprint density at radius 1 is 1.13 bits per heavy atom. The lowest BCUT2D eigenvalue weighted by Gasteiger charge is -2.45. The Kier molecular flexibility index (Phi) is 7.23. The van der Waals surface area contributed by atoms with Crippen LogP contribution < -0.4 is 0 Å². The molecule has 170 valence electrons. The Balaban J connectivity index is 2.39. The molecule has 0 heterocycles. The van der Waals surface area contributed by atoms with Crippen LogP contribution in [0.2, 0.25) is 18.1 Å². The van der Waals surface area contributed by atoms with Crippen LogP contribution in [0.3, 0.4) is 0 Å². The fraction of sp³-hybridized carbons (Fsp3) is 0.680. The van der Waals surface area contributed by atoms with E-state index in [2.05, 4.69) is 61.2 Å². The summed E-state index contributed by atoms with van der Waals surface area (Å²) in [5.41, 5.74) is 1.13. The summed E-state index contributed by atoms with van der Waals surface area (Å²) < 4.78 is 33.6. The molecule has 0 saturated heterocycles. The van der Waals surface area contributed by atoms with Gasteiger partial charge in [0.15, 0.2) is 18.2 Å². The number of allylic oxidation sites excluding steroid dienone is 1. The van der Waals surface area contributed by atoms with Gasteiger partial charge in [-0.25, -0.2) is 8.42 Å². The molecule has 0 aliphatic heterocycles. The summed E-state index contributed by atoms with van der Waals surface area (Å²) in [6.45, 7) is 21.5. The number of benzene rings is 1. The van der Waals surface area contributed by atoms with Crippen LogP contribution >= 0.6 is 0 Å². The number of sulfone groups is 1. The van der Waals surface area contributed by atoms with E-state index in [-0.39, 0.29) is 16.6 Å². The van der Waals surface area contributed by atoms with E-state index in [9.17, 15) is 8.42 Å². The zero-order valence-corrected chi connectivity index (χ0v) is 22.2. The summed E-state index contributed by atoms with van der Waals surface area (Å²) in [7, 11) is -5.47. The van der Waals surface area contributed by atoms with Gasteiger partial charge in [0.25, 0.3) is 0 Å². The lowest BCUT2D eigenvalue weighted by Crippen LogP contribution is -2.50. The normalized spacial score (nSPS) is 23.9. The van der Waals surface area contributed by atoms with E-state index in [4.69, 9.17) is 4.43 Å². The van der Waals surface area contributed by atoms with Crippen molar-refractivity contribution in [3.8, 4) is 0 Å². The molecule has 0 aromatic heterocycles. The molecule has 0 amide bonds. The molecule has 0 radical (unpaired) electrons. The van der Waals surface area contributed by atoms with Crippen molar-refractivity contribution in [2.24, 2.45) is 0 Å². The first-order valence-electron chi connectivity index (χ1n) is 11.2. The lowest BCUT2D eigenvalue weighted by molar-refractivity contribution is 0.117. The molecule has 1 saturated carbocycles. The van der Waals surface area contributed by atoms with Crippen LogP contribution in [-0.4, -0.2) is 27.6 Å². The van der Waals surface area contributed by atoms with Crippen LogP contribution in [0.4, 0.5) is 0 Å². The van der Waals surface area contributed by atoms with Crippen LogP contribution in [0.25, 0.3) is 0 Å². The SMILES string of the molecule is C=CC[C@]1(S(=O)(=O)c2ccc(C(C)(C)C)cc2)CCC[C@H](O[Si](C)(C)C(C)(C)C)C1. The molecule has 0 N–H and O–H groups in total. The van der Waals surface area contributed by atoms with Crippen LogP contribution in [0, 0.1) is 0 Å². The number of hydrogen-bond donors (Lipinski definition) is 0. The van der Waals surface area contributed by atoms with Crippen molar-refractivity contribution in [1.29, 1.82) is 0 Å². The minimum absolute atomic E-state index is 0.00592. The topological polar surface area (TPSA) is 43.4 Å². The van der Waals surface area contributed by atoms with Crippen molar-refractivity contribution in [3.05, 3.63) is 42.5 Å². The van der Waals surface area contributed by atoms with Crippen molar-refractivity contribution in [1.82, 2.24) is 0 Å². The molecule has 5 heteroatoms. The molecule has 3 nitrogen and oxygen atoms in total. The van der Waals surface area contributed by atoms with Gasteiger partial charge in [-0.3, -0.25) is 0 Å². The standard InChI is InChI=1S/C25H42O3SSi/c1-10-17-25(18-11-12-21(19-25)28-30(8,9)24(5,6)7)29(26,27)22-15-13-20(14-16-22)23(2,3)4/h10,13-16,21H,1,11-12,17-19H2,2-9H3/t21-,25-/m0/s1. The third-order valence-corrected chi connectivity index (χ3v) is 14.2. The van der Waals surface area contributed by atoms with E-state index in [1.165, 1.54) is 0 Å². The van der Waals surface area contributed by atoms with Gasteiger partial charge in [-0.05, 0) is 73.3 Å². The average molecular weight is 451 g/mol. The van der Waals surface area contributed by atoms with E-state index in [0.29, 0.717) is 24.2 Å². The fourth-order valence-corrected chi connectivity index (χ4v) is 7.69. The first-order valence-corrected chi connectivity index (χ1v) is 15.6. The Morgan fingerprint density at radius 2 is 1.70 bits per heavy atom. The molecule has 0 spiro atoms. The molecule has 1 aliphatic rings. The summed E-state index contributed by atoms with van der Waals surface area (Å²) >= 11 is 0. The maximum absolute atomic E-state index is 13.9. The van der Waals surface area contributed by atoms with Crippen LogP contribution in [0.15, 0.2) is 41.8 Å². The Bertz CT molecular complexity index is 842. The average Bonchev–Trinajstić information content (AvgIpc) is 2.60. The summed E-state index contributed by atoms with van der Waals surface area (Å²) in [6, 6.07) is 7.50. The second kappa shape index (κ2) is 8.55. The maximum atomic E-state index is 13.9.